The van der Waals surface area contributed by atoms with Gasteiger partial charge >= 0.3 is 0 Å². The predicted octanol–water partition coefficient (Wildman–Crippen LogP) is 4.66. The number of amides is 1. The molecule has 5 heteroatoms. The Balaban J connectivity index is 1.57. The largest absolute Gasteiger partial charge is 0.342 e. The first kappa shape index (κ1) is 18.6. The van der Waals surface area contributed by atoms with Gasteiger partial charge < -0.3 is 9.42 Å². The summed E-state index contributed by atoms with van der Waals surface area (Å²) in [6.07, 6.45) is 6.01. The topological polar surface area (TPSA) is 59.2 Å². The molecule has 2 heterocycles. The molecule has 1 atom stereocenters. The zero-order chi connectivity index (χ0) is 18.4. The number of rotatable bonds is 7. The second-order valence-corrected chi connectivity index (χ2v) is 7.17. The third kappa shape index (κ3) is 4.32. The number of nitrogens with zero attached hydrogens (tertiary/aromatic N) is 3. The molecule has 1 aromatic heterocycles. The van der Waals surface area contributed by atoms with Gasteiger partial charge in [0.05, 0.1) is 0 Å². The Morgan fingerprint density at radius 2 is 1.96 bits per heavy atom. The van der Waals surface area contributed by atoms with E-state index in [4.69, 9.17) is 4.52 Å². The summed E-state index contributed by atoms with van der Waals surface area (Å²) >= 11 is 0. The molecule has 0 radical (unpaired) electrons. The van der Waals surface area contributed by atoms with Crippen molar-refractivity contribution < 1.29 is 9.32 Å². The molecule has 1 unspecified atom stereocenters. The van der Waals surface area contributed by atoms with Crippen LogP contribution in [0.3, 0.4) is 0 Å². The van der Waals surface area contributed by atoms with Gasteiger partial charge in [-0.25, -0.2) is 0 Å². The lowest BCUT2D eigenvalue weighted by atomic mass is 9.93. The van der Waals surface area contributed by atoms with Crippen molar-refractivity contribution in [3.05, 3.63) is 36.2 Å². The molecule has 1 saturated heterocycles. The molecule has 1 fully saturated rings. The van der Waals surface area contributed by atoms with E-state index >= 15 is 0 Å². The van der Waals surface area contributed by atoms with Crippen molar-refractivity contribution in [2.75, 3.05) is 13.1 Å². The van der Waals surface area contributed by atoms with Crippen LogP contribution in [0.4, 0.5) is 0 Å². The molecule has 1 aliphatic heterocycles. The van der Waals surface area contributed by atoms with Crippen LogP contribution in [0.1, 0.15) is 64.2 Å². The van der Waals surface area contributed by atoms with E-state index in [1.807, 2.05) is 35.2 Å². The van der Waals surface area contributed by atoms with Gasteiger partial charge in [-0.05, 0) is 25.7 Å². The van der Waals surface area contributed by atoms with Crippen LogP contribution in [0.25, 0.3) is 11.4 Å². The Morgan fingerprint density at radius 1 is 1.23 bits per heavy atom. The predicted molar refractivity (Wildman–Crippen MR) is 102 cm³/mol. The molecule has 26 heavy (non-hydrogen) atoms. The van der Waals surface area contributed by atoms with Crippen molar-refractivity contribution in [2.45, 2.75) is 58.3 Å². The zero-order valence-electron chi connectivity index (χ0n) is 15.9. The van der Waals surface area contributed by atoms with Crippen molar-refractivity contribution in [2.24, 2.45) is 5.92 Å². The van der Waals surface area contributed by atoms with E-state index in [9.17, 15) is 4.79 Å². The number of hydrogen-bond acceptors (Lipinski definition) is 4. The monoisotopic (exact) mass is 355 g/mol. The number of aromatic nitrogens is 2. The first-order valence-electron chi connectivity index (χ1n) is 9.90. The summed E-state index contributed by atoms with van der Waals surface area (Å²) in [5.74, 6) is 2.10. The lowest BCUT2D eigenvalue weighted by Gasteiger charge is -2.33. The smallest absolute Gasteiger partial charge is 0.230 e. The highest BCUT2D eigenvalue weighted by Gasteiger charge is 2.30. The summed E-state index contributed by atoms with van der Waals surface area (Å²) < 4.78 is 5.51. The highest BCUT2D eigenvalue weighted by molar-refractivity contribution is 5.78. The van der Waals surface area contributed by atoms with E-state index in [1.54, 1.807) is 0 Å². The van der Waals surface area contributed by atoms with Crippen molar-refractivity contribution in [3.8, 4) is 11.4 Å². The highest BCUT2D eigenvalue weighted by atomic mass is 16.5. The Labute approximate surface area is 155 Å². The maximum absolute atomic E-state index is 12.7. The average molecular weight is 355 g/mol. The van der Waals surface area contributed by atoms with E-state index in [1.165, 1.54) is 0 Å². The van der Waals surface area contributed by atoms with Gasteiger partial charge in [0, 0.05) is 30.5 Å². The van der Waals surface area contributed by atoms with Crippen molar-refractivity contribution in [1.82, 2.24) is 15.0 Å². The number of carbonyl (C=O) groups is 1. The van der Waals surface area contributed by atoms with E-state index < -0.39 is 0 Å². The number of carbonyl (C=O) groups excluding carboxylic acids is 1. The number of likely N-dealkylation sites (tertiary alicyclic amines) is 1. The normalized spacial score (nSPS) is 16.6. The lowest BCUT2D eigenvalue weighted by molar-refractivity contribution is -0.137. The maximum atomic E-state index is 12.7. The minimum Gasteiger partial charge on any atom is -0.342 e. The number of unbranched alkanes of at least 4 members (excludes halogenated alkanes) is 1. The molecule has 0 saturated carbocycles. The standard InChI is InChI=1S/C21H29N3O2/c1-3-5-9-16(4-2)21(25)24-14-12-18(13-15-24)20-22-19(23-26-20)17-10-7-6-8-11-17/h6-8,10-11,16,18H,3-5,9,12-15H2,1-2H3. The second-order valence-electron chi connectivity index (χ2n) is 7.17. The summed E-state index contributed by atoms with van der Waals surface area (Å²) in [5.41, 5.74) is 0.969. The molecule has 0 aliphatic carbocycles. The fraction of sp³-hybridized carbons (Fsp3) is 0.571. The van der Waals surface area contributed by atoms with Gasteiger partial charge in [-0.3, -0.25) is 4.79 Å². The molecular formula is C21H29N3O2. The third-order valence-electron chi connectivity index (χ3n) is 5.38. The lowest BCUT2D eigenvalue weighted by Crippen LogP contribution is -2.41. The molecule has 5 nitrogen and oxygen atoms in total. The molecule has 0 bridgehead atoms. The van der Waals surface area contributed by atoms with Crippen LogP contribution in [0, 0.1) is 5.92 Å². The van der Waals surface area contributed by atoms with E-state index in [2.05, 4.69) is 24.0 Å². The molecule has 1 aliphatic rings. The Morgan fingerprint density at radius 3 is 2.62 bits per heavy atom. The molecular weight excluding hydrogens is 326 g/mol. The summed E-state index contributed by atoms with van der Waals surface area (Å²) in [6.45, 7) is 5.87. The van der Waals surface area contributed by atoms with E-state index in [0.29, 0.717) is 17.6 Å². The van der Waals surface area contributed by atoms with Crippen LogP contribution in [0.2, 0.25) is 0 Å². The highest BCUT2D eigenvalue weighted by Crippen LogP contribution is 2.29. The van der Waals surface area contributed by atoms with Crippen LogP contribution in [-0.2, 0) is 4.79 Å². The minimum absolute atomic E-state index is 0.180. The summed E-state index contributed by atoms with van der Waals surface area (Å²) in [4.78, 5) is 19.4. The van der Waals surface area contributed by atoms with Crippen LogP contribution < -0.4 is 0 Å². The van der Waals surface area contributed by atoms with Gasteiger partial charge in [0.2, 0.25) is 17.6 Å². The van der Waals surface area contributed by atoms with Gasteiger partial charge in [0.1, 0.15) is 0 Å². The quantitative estimate of drug-likeness (QED) is 0.725. The fourth-order valence-electron chi connectivity index (χ4n) is 3.66. The number of piperidine rings is 1. The third-order valence-corrected chi connectivity index (χ3v) is 5.38. The summed E-state index contributed by atoms with van der Waals surface area (Å²) in [6, 6.07) is 9.88. The number of hydrogen-bond donors (Lipinski definition) is 0. The molecule has 0 spiro atoms. The molecule has 1 aromatic carbocycles. The first-order valence-corrected chi connectivity index (χ1v) is 9.90. The zero-order valence-corrected chi connectivity index (χ0v) is 15.9. The molecule has 2 aromatic rings. The Hall–Kier alpha value is -2.17. The fourth-order valence-corrected chi connectivity index (χ4v) is 3.66. The molecule has 0 N–H and O–H groups in total. The average Bonchev–Trinajstić information content (AvgIpc) is 3.19. The first-order chi connectivity index (χ1) is 12.7. The maximum Gasteiger partial charge on any atom is 0.230 e. The SMILES string of the molecule is CCCCC(CC)C(=O)N1CCC(c2nc(-c3ccccc3)no2)CC1. The van der Waals surface area contributed by atoms with E-state index in [0.717, 1.165) is 57.2 Å². The van der Waals surface area contributed by atoms with Gasteiger partial charge in [0.25, 0.3) is 0 Å². The molecule has 3 rings (SSSR count). The summed E-state index contributed by atoms with van der Waals surface area (Å²) in [5, 5.41) is 4.12. The van der Waals surface area contributed by atoms with Gasteiger partial charge in [-0.2, -0.15) is 4.98 Å². The molecule has 140 valence electrons. The minimum atomic E-state index is 0.180. The summed E-state index contributed by atoms with van der Waals surface area (Å²) in [7, 11) is 0. The van der Waals surface area contributed by atoms with Gasteiger partial charge in [-0.15, -0.1) is 0 Å². The Kier molecular flexibility index (Phi) is 6.42. The van der Waals surface area contributed by atoms with Crippen LogP contribution in [-0.4, -0.2) is 34.0 Å². The molecule has 1 amide bonds. The van der Waals surface area contributed by atoms with Gasteiger partial charge in [0.15, 0.2) is 0 Å². The Bertz CT molecular complexity index is 690. The van der Waals surface area contributed by atoms with E-state index in [-0.39, 0.29) is 11.8 Å². The van der Waals surface area contributed by atoms with Crippen molar-refractivity contribution in [1.29, 1.82) is 0 Å². The van der Waals surface area contributed by atoms with Crippen LogP contribution in [0.5, 0.6) is 0 Å². The van der Waals surface area contributed by atoms with Crippen LogP contribution in [0.15, 0.2) is 34.9 Å². The van der Waals surface area contributed by atoms with Crippen molar-refractivity contribution in [3.63, 3.8) is 0 Å². The number of benzene rings is 1. The van der Waals surface area contributed by atoms with Crippen molar-refractivity contribution >= 4 is 5.91 Å². The van der Waals surface area contributed by atoms with Crippen LogP contribution >= 0.6 is 0 Å². The van der Waals surface area contributed by atoms with Gasteiger partial charge in [-0.1, -0.05) is 62.2 Å². The second kappa shape index (κ2) is 8.97.